The summed E-state index contributed by atoms with van der Waals surface area (Å²) in [5.74, 6) is 0.217. The zero-order chi connectivity index (χ0) is 13.2. The summed E-state index contributed by atoms with van der Waals surface area (Å²) >= 11 is 0. The van der Waals surface area contributed by atoms with Gasteiger partial charge >= 0.3 is 0 Å². The molecule has 0 aromatic carbocycles. The lowest BCUT2D eigenvalue weighted by molar-refractivity contribution is 0.0986. The van der Waals surface area contributed by atoms with E-state index in [0.29, 0.717) is 12.6 Å². The molecule has 18 heavy (non-hydrogen) atoms. The first-order valence-electron chi connectivity index (χ1n) is 6.99. The first-order valence-corrected chi connectivity index (χ1v) is 6.99. The van der Waals surface area contributed by atoms with Crippen LogP contribution in [-0.4, -0.2) is 28.0 Å². The maximum absolute atomic E-state index is 9.86. The minimum absolute atomic E-state index is 0.0264. The van der Waals surface area contributed by atoms with Gasteiger partial charge in [-0.05, 0) is 32.8 Å². The Hall–Kier alpha value is -0.870. The molecule has 4 heteroatoms. The van der Waals surface area contributed by atoms with Crippen LogP contribution in [0.25, 0.3) is 0 Å². The molecule has 0 radical (unpaired) electrons. The van der Waals surface area contributed by atoms with E-state index in [1.165, 1.54) is 18.5 Å². The van der Waals surface area contributed by atoms with E-state index in [-0.39, 0.29) is 17.9 Å². The molecule has 3 N–H and O–H groups in total. The minimum atomic E-state index is -0.0264. The molecule has 0 amide bonds. The average molecular weight is 251 g/mol. The molecule has 0 unspecified atom stereocenters. The second kappa shape index (κ2) is 5.41. The second-order valence-corrected chi connectivity index (χ2v) is 5.81. The number of aromatic nitrogens is 2. The van der Waals surface area contributed by atoms with Crippen LogP contribution in [0.3, 0.4) is 0 Å². The number of hydrogen-bond acceptors (Lipinski definition) is 3. The molecule has 0 spiro atoms. The Morgan fingerprint density at radius 2 is 2.11 bits per heavy atom. The van der Waals surface area contributed by atoms with E-state index < -0.39 is 0 Å². The van der Waals surface area contributed by atoms with Gasteiger partial charge in [-0.15, -0.1) is 0 Å². The minimum Gasteiger partial charge on any atom is -0.396 e. The Bertz CT molecular complexity index is 380. The van der Waals surface area contributed by atoms with Crippen molar-refractivity contribution in [3.05, 3.63) is 18.0 Å². The van der Waals surface area contributed by atoms with Crippen molar-refractivity contribution in [2.24, 2.45) is 11.1 Å². The lowest BCUT2D eigenvalue weighted by Crippen LogP contribution is -2.36. The molecule has 102 valence electrons. The predicted molar refractivity (Wildman–Crippen MR) is 72.4 cm³/mol. The number of aliphatic hydroxyl groups excluding tert-OH is 1. The molecular formula is C14H25N3O. The molecule has 1 aromatic rings. The smallest absolute Gasteiger partial charge is 0.0494 e. The van der Waals surface area contributed by atoms with Gasteiger partial charge in [-0.25, -0.2) is 0 Å². The summed E-state index contributed by atoms with van der Waals surface area (Å²) in [6, 6.07) is 2.40. The lowest BCUT2D eigenvalue weighted by Gasteiger charge is -2.36. The number of aliphatic hydroxyl groups is 1. The summed E-state index contributed by atoms with van der Waals surface area (Å²) in [4.78, 5) is 0. The van der Waals surface area contributed by atoms with Crippen molar-refractivity contribution in [2.45, 2.75) is 51.5 Å². The Morgan fingerprint density at radius 3 is 2.61 bits per heavy atom. The van der Waals surface area contributed by atoms with Gasteiger partial charge in [-0.1, -0.05) is 12.8 Å². The molecule has 1 fully saturated rings. The molecule has 1 saturated carbocycles. The van der Waals surface area contributed by atoms with Crippen molar-refractivity contribution in [2.75, 3.05) is 13.2 Å². The maximum atomic E-state index is 9.86. The number of nitrogens with zero attached hydrogens (tertiary/aromatic N) is 2. The Kier molecular flexibility index (Phi) is 4.07. The fraction of sp³-hybridized carbons (Fsp3) is 0.786. The summed E-state index contributed by atoms with van der Waals surface area (Å²) in [5, 5.41) is 14.3. The molecule has 4 nitrogen and oxygen atoms in total. The number of nitrogens with two attached hydrogens (primary N) is 1. The molecule has 0 bridgehead atoms. The standard InChI is InChI=1S/C14H25N3O/c1-11(2)17-13(5-8-16-17)12(9-15)14(10-18)6-3-4-7-14/h5,8,11-12,18H,3-4,6-7,9-10,15H2,1-2H3/t12-/m1/s1. The number of hydrogen-bond donors (Lipinski definition) is 2. The highest BCUT2D eigenvalue weighted by Crippen LogP contribution is 2.48. The molecule has 2 rings (SSSR count). The zero-order valence-electron chi connectivity index (χ0n) is 11.5. The van der Waals surface area contributed by atoms with Crippen molar-refractivity contribution in [1.82, 2.24) is 9.78 Å². The van der Waals surface area contributed by atoms with E-state index >= 15 is 0 Å². The quantitative estimate of drug-likeness (QED) is 0.842. The van der Waals surface area contributed by atoms with Gasteiger partial charge in [0.05, 0.1) is 0 Å². The molecule has 0 saturated heterocycles. The molecule has 1 aliphatic carbocycles. The Morgan fingerprint density at radius 1 is 1.44 bits per heavy atom. The highest BCUT2D eigenvalue weighted by atomic mass is 16.3. The molecule has 1 heterocycles. The van der Waals surface area contributed by atoms with Gasteiger partial charge in [0.25, 0.3) is 0 Å². The second-order valence-electron chi connectivity index (χ2n) is 5.81. The van der Waals surface area contributed by atoms with Crippen LogP contribution >= 0.6 is 0 Å². The summed E-state index contributed by atoms with van der Waals surface area (Å²) in [7, 11) is 0. The van der Waals surface area contributed by atoms with Gasteiger partial charge in [0.2, 0.25) is 0 Å². The summed E-state index contributed by atoms with van der Waals surface area (Å²) in [6.45, 7) is 5.08. The van der Waals surface area contributed by atoms with Gasteiger partial charge in [-0.2, -0.15) is 5.10 Å². The lowest BCUT2D eigenvalue weighted by atomic mass is 9.72. The molecule has 1 aromatic heterocycles. The van der Waals surface area contributed by atoms with Gasteiger partial charge in [-0.3, -0.25) is 4.68 Å². The first kappa shape index (κ1) is 13.6. The zero-order valence-corrected chi connectivity index (χ0v) is 11.5. The summed E-state index contributed by atoms with van der Waals surface area (Å²) in [5.41, 5.74) is 7.18. The third-order valence-corrected chi connectivity index (χ3v) is 4.44. The van der Waals surface area contributed by atoms with Crippen LogP contribution in [0.2, 0.25) is 0 Å². The van der Waals surface area contributed by atoms with E-state index in [1.807, 2.05) is 10.9 Å². The van der Waals surface area contributed by atoms with Crippen molar-refractivity contribution < 1.29 is 5.11 Å². The largest absolute Gasteiger partial charge is 0.396 e. The van der Waals surface area contributed by atoms with Crippen molar-refractivity contribution >= 4 is 0 Å². The van der Waals surface area contributed by atoms with E-state index in [2.05, 4.69) is 25.0 Å². The van der Waals surface area contributed by atoms with Gasteiger partial charge < -0.3 is 10.8 Å². The number of rotatable bonds is 5. The Balaban J connectivity index is 2.35. The Labute approximate surface area is 109 Å². The van der Waals surface area contributed by atoms with Crippen molar-refractivity contribution in [1.29, 1.82) is 0 Å². The topological polar surface area (TPSA) is 64.1 Å². The van der Waals surface area contributed by atoms with Crippen molar-refractivity contribution in [3.8, 4) is 0 Å². The summed E-state index contributed by atoms with van der Waals surface area (Å²) < 4.78 is 2.05. The van der Waals surface area contributed by atoms with Crippen LogP contribution < -0.4 is 5.73 Å². The average Bonchev–Trinajstić information content (AvgIpc) is 2.99. The maximum Gasteiger partial charge on any atom is 0.0494 e. The molecule has 0 aliphatic heterocycles. The van der Waals surface area contributed by atoms with Crippen LogP contribution in [0.1, 0.15) is 57.2 Å². The van der Waals surface area contributed by atoms with Crippen LogP contribution in [0.5, 0.6) is 0 Å². The normalized spacial score (nSPS) is 20.5. The van der Waals surface area contributed by atoms with E-state index in [9.17, 15) is 5.11 Å². The highest BCUT2D eigenvalue weighted by Gasteiger charge is 2.42. The SMILES string of the molecule is CC(C)n1nccc1[C@@H](CN)C1(CO)CCCC1. The van der Waals surface area contributed by atoms with E-state index in [1.54, 1.807) is 0 Å². The van der Waals surface area contributed by atoms with Crippen LogP contribution in [0, 0.1) is 5.41 Å². The molecule has 1 atom stereocenters. The first-order chi connectivity index (χ1) is 8.64. The van der Waals surface area contributed by atoms with Crippen molar-refractivity contribution in [3.63, 3.8) is 0 Å². The molecule has 1 aliphatic rings. The van der Waals surface area contributed by atoms with Gasteiger partial charge in [0.1, 0.15) is 0 Å². The predicted octanol–water partition coefficient (Wildman–Crippen LogP) is 2.06. The van der Waals surface area contributed by atoms with E-state index in [0.717, 1.165) is 12.8 Å². The fourth-order valence-corrected chi connectivity index (χ4v) is 3.41. The third kappa shape index (κ3) is 2.19. The highest BCUT2D eigenvalue weighted by molar-refractivity contribution is 5.15. The third-order valence-electron chi connectivity index (χ3n) is 4.44. The monoisotopic (exact) mass is 251 g/mol. The molecular weight excluding hydrogens is 226 g/mol. The van der Waals surface area contributed by atoms with Crippen LogP contribution in [-0.2, 0) is 0 Å². The van der Waals surface area contributed by atoms with Gasteiger partial charge in [0.15, 0.2) is 0 Å². The summed E-state index contributed by atoms with van der Waals surface area (Å²) in [6.07, 6.45) is 6.40. The van der Waals surface area contributed by atoms with Gasteiger partial charge in [0, 0.05) is 42.4 Å². The fourth-order valence-electron chi connectivity index (χ4n) is 3.41. The van der Waals surface area contributed by atoms with Crippen LogP contribution in [0.4, 0.5) is 0 Å². The van der Waals surface area contributed by atoms with E-state index in [4.69, 9.17) is 5.73 Å². The van der Waals surface area contributed by atoms with Crippen LogP contribution in [0.15, 0.2) is 12.3 Å².